The third kappa shape index (κ3) is 8.26. The molecule has 228 valence electrons. The molecule has 4 rings (SSSR count). The highest BCUT2D eigenvalue weighted by Crippen LogP contribution is 2.28. The van der Waals surface area contributed by atoms with Crippen LogP contribution in [0.2, 0.25) is 0 Å². The molecule has 10 nitrogen and oxygen atoms in total. The number of nitrogens with zero attached hydrogens (tertiary/aromatic N) is 2. The molecule has 2 heterocycles. The van der Waals surface area contributed by atoms with Gasteiger partial charge in [-0.1, -0.05) is 69.3 Å². The average molecular weight is 607 g/mol. The fourth-order valence-corrected chi connectivity index (χ4v) is 5.94. The maximum absolute atomic E-state index is 13.8. The van der Waals surface area contributed by atoms with Crippen molar-refractivity contribution >= 4 is 35.0 Å². The second kappa shape index (κ2) is 13.5. The van der Waals surface area contributed by atoms with Crippen LogP contribution < -0.4 is 10.6 Å². The highest BCUT2D eigenvalue weighted by atomic mass is 32.1. The maximum Gasteiger partial charge on any atom is 0.307 e. The summed E-state index contributed by atoms with van der Waals surface area (Å²) in [5.74, 6) is -2.11. The first kappa shape index (κ1) is 31.8. The van der Waals surface area contributed by atoms with Crippen molar-refractivity contribution in [1.29, 1.82) is 0 Å². The molecule has 1 aliphatic heterocycles. The topological polar surface area (TPSA) is 149 Å². The molecule has 0 saturated carbocycles. The number of aliphatic hydroxyl groups is 1. The lowest BCUT2D eigenvalue weighted by atomic mass is 9.85. The Morgan fingerprint density at radius 1 is 1.00 bits per heavy atom. The summed E-state index contributed by atoms with van der Waals surface area (Å²) in [6, 6.07) is 12.7. The van der Waals surface area contributed by atoms with Crippen LogP contribution in [0.4, 0.5) is 0 Å². The number of amides is 3. The van der Waals surface area contributed by atoms with Crippen LogP contribution in [0, 0.1) is 12.3 Å². The van der Waals surface area contributed by atoms with E-state index in [1.54, 1.807) is 35.6 Å². The highest BCUT2D eigenvalue weighted by molar-refractivity contribution is 7.13. The number of hydrogen-bond donors (Lipinski definition) is 4. The number of aliphatic hydroxyl groups excluding tert-OH is 1. The van der Waals surface area contributed by atoms with E-state index in [9.17, 15) is 24.3 Å². The number of hydrogen-bond acceptors (Lipinski definition) is 7. The number of aromatic nitrogens is 1. The number of thiazole rings is 1. The Hall–Kier alpha value is -4.09. The van der Waals surface area contributed by atoms with Gasteiger partial charge >= 0.3 is 5.97 Å². The van der Waals surface area contributed by atoms with Crippen molar-refractivity contribution < 1.29 is 29.4 Å². The second-order valence-electron chi connectivity index (χ2n) is 12.0. The Morgan fingerprint density at radius 2 is 1.60 bits per heavy atom. The molecule has 1 fully saturated rings. The summed E-state index contributed by atoms with van der Waals surface area (Å²) in [7, 11) is 0. The van der Waals surface area contributed by atoms with Crippen LogP contribution in [-0.2, 0) is 38.6 Å². The van der Waals surface area contributed by atoms with Crippen molar-refractivity contribution in [2.24, 2.45) is 5.41 Å². The zero-order valence-electron chi connectivity index (χ0n) is 24.8. The Kier molecular flexibility index (Phi) is 9.98. The number of β-amino-alcohol motifs (C(OH)–C–C–N with tert-alkyl or cyclic N) is 1. The molecule has 0 aliphatic carbocycles. The molecule has 0 spiro atoms. The minimum atomic E-state index is -0.937. The largest absolute Gasteiger partial charge is 0.481 e. The third-order valence-electron chi connectivity index (χ3n) is 7.45. The fourth-order valence-electron chi connectivity index (χ4n) is 5.13. The lowest BCUT2D eigenvalue weighted by Crippen LogP contribution is -2.58. The van der Waals surface area contributed by atoms with Gasteiger partial charge in [-0.15, -0.1) is 11.3 Å². The minimum absolute atomic E-state index is 0.00110. The molecule has 4 N–H and O–H groups in total. The predicted octanol–water partition coefficient (Wildman–Crippen LogP) is 3.10. The van der Waals surface area contributed by atoms with E-state index in [4.69, 9.17) is 5.11 Å². The molecule has 1 aliphatic rings. The fraction of sp³-hybridized carbons (Fsp3) is 0.406. The SMILES string of the molecule is Cc1ncsc1-c1ccc(CNC(=O)C2CC(O)CN2C(=O)C(NC(=O)Cc2ccc(CC(=O)O)cc2)C(C)(C)C)cc1. The first-order valence-electron chi connectivity index (χ1n) is 14.2. The molecule has 0 bridgehead atoms. The number of benzene rings is 2. The number of carbonyl (C=O) groups excluding carboxylic acids is 3. The van der Waals surface area contributed by atoms with Gasteiger partial charge in [0.1, 0.15) is 12.1 Å². The smallest absolute Gasteiger partial charge is 0.307 e. The summed E-state index contributed by atoms with van der Waals surface area (Å²) in [4.78, 5) is 57.7. The molecule has 0 radical (unpaired) electrons. The van der Waals surface area contributed by atoms with Gasteiger partial charge in [0, 0.05) is 19.5 Å². The van der Waals surface area contributed by atoms with Crippen molar-refractivity contribution in [2.45, 2.75) is 71.7 Å². The van der Waals surface area contributed by atoms with Crippen molar-refractivity contribution in [3.8, 4) is 10.4 Å². The Balaban J connectivity index is 1.39. The van der Waals surface area contributed by atoms with Gasteiger partial charge in [0.05, 0.1) is 35.0 Å². The van der Waals surface area contributed by atoms with Crippen LogP contribution in [0.15, 0.2) is 54.0 Å². The average Bonchev–Trinajstić information content (AvgIpc) is 3.56. The molecular formula is C32H38N4O6S. The molecule has 11 heteroatoms. The van der Waals surface area contributed by atoms with Gasteiger partial charge in [0.15, 0.2) is 0 Å². The van der Waals surface area contributed by atoms with E-state index in [0.29, 0.717) is 11.1 Å². The molecule has 1 aromatic heterocycles. The Labute approximate surface area is 255 Å². The quantitative estimate of drug-likeness (QED) is 0.277. The summed E-state index contributed by atoms with van der Waals surface area (Å²) < 4.78 is 0. The summed E-state index contributed by atoms with van der Waals surface area (Å²) >= 11 is 1.57. The van der Waals surface area contributed by atoms with E-state index in [1.165, 1.54) is 4.90 Å². The van der Waals surface area contributed by atoms with Gasteiger partial charge in [-0.3, -0.25) is 19.2 Å². The Bertz CT molecular complexity index is 1460. The first-order valence-corrected chi connectivity index (χ1v) is 15.0. The van der Waals surface area contributed by atoms with Crippen LogP contribution in [0.3, 0.4) is 0 Å². The number of nitrogens with one attached hydrogen (secondary N) is 2. The van der Waals surface area contributed by atoms with Gasteiger partial charge in [0.25, 0.3) is 0 Å². The van der Waals surface area contributed by atoms with Crippen LogP contribution in [0.25, 0.3) is 10.4 Å². The maximum atomic E-state index is 13.8. The monoisotopic (exact) mass is 606 g/mol. The van der Waals surface area contributed by atoms with E-state index >= 15 is 0 Å². The van der Waals surface area contributed by atoms with E-state index in [2.05, 4.69) is 15.6 Å². The zero-order valence-corrected chi connectivity index (χ0v) is 25.6. The normalized spacial score (nSPS) is 17.4. The molecule has 1 saturated heterocycles. The van der Waals surface area contributed by atoms with Crippen molar-refractivity contribution in [3.63, 3.8) is 0 Å². The molecule has 2 aromatic carbocycles. The molecule has 43 heavy (non-hydrogen) atoms. The zero-order chi connectivity index (χ0) is 31.3. The molecular weight excluding hydrogens is 568 g/mol. The van der Waals surface area contributed by atoms with E-state index in [1.807, 2.05) is 57.5 Å². The lowest BCUT2D eigenvalue weighted by Gasteiger charge is -2.35. The van der Waals surface area contributed by atoms with Gasteiger partial charge in [-0.05, 0) is 34.6 Å². The number of likely N-dealkylation sites (tertiary alicyclic amines) is 1. The van der Waals surface area contributed by atoms with Gasteiger partial charge < -0.3 is 25.7 Å². The molecule has 3 unspecified atom stereocenters. The van der Waals surface area contributed by atoms with Crippen molar-refractivity contribution in [3.05, 3.63) is 76.4 Å². The van der Waals surface area contributed by atoms with Gasteiger partial charge in [0.2, 0.25) is 17.7 Å². The third-order valence-corrected chi connectivity index (χ3v) is 8.43. The first-order chi connectivity index (χ1) is 20.3. The van der Waals surface area contributed by atoms with Gasteiger partial charge in [-0.2, -0.15) is 0 Å². The van der Waals surface area contributed by atoms with E-state index in [0.717, 1.165) is 21.7 Å². The summed E-state index contributed by atoms with van der Waals surface area (Å²) in [5.41, 5.74) is 5.34. The number of carbonyl (C=O) groups is 4. The van der Waals surface area contributed by atoms with E-state index < -0.39 is 35.5 Å². The Morgan fingerprint density at radius 3 is 2.16 bits per heavy atom. The number of aliphatic carboxylic acids is 1. The predicted molar refractivity (Wildman–Crippen MR) is 163 cm³/mol. The van der Waals surface area contributed by atoms with Gasteiger partial charge in [-0.25, -0.2) is 4.98 Å². The second-order valence-corrected chi connectivity index (χ2v) is 12.9. The van der Waals surface area contributed by atoms with Crippen LogP contribution in [-0.4, -0.2) is 68.5 Å². The number of carboxylic acids is 1. The van der Waals surface area contributed by atoms with Crippen LogP contribution >= 0.6 is 11.3 Å². The molecule has 3 aromatic rings. The molecule has 3 atom stereocenters. The summed E-state index contributed by atoms with van der Waals surface area (Å²) in [6.07, 6.45) is -0.860. The standard InChI is InChI=1S/C32H38N4O6S/c1-19-28(43-18-34-19)23-11-9-22(10-12-23)16-33-30(41)25-15-24(37)17-36(25)31(42)29(32(2,3)4)35-26(38)13-20-5-7-21(8-6-20)14-27(39)40/h5-12,18,24-25,29,37H,13-17H2,1-4H3,(H,33,41)(H,35,38)(H,39,40). The summed E-state index contributed by atoms with van der Waals surface area (Å²) in [5, 5.41) is 25.1. The number of rotatable bonds is 10. The number of aryl methyl sites for hydroxylation is 1. The van der Waals surface area contributed by atoms with Crippen LogP contribution in [0.5, 0.6) is 0 Å². The van der Waals surface area contributed by atoms with Crippen molar-refractivity contribution in [1.82, 2.24) is 20.5 Å². The minimum Gasteiger partial charge on any atom is -0.481 e. The lowest BCUT2D eigenvalue weighted by molar-refractivity contribution is -0.144. The van der Waals surface area contributed by atoms with Crippen molar-refractivity contribution in [2.75, 3.05) is 6.54 Å². The van der Waals surface area contributed by atoms with E-state index in [-0.39, 0.29) is 44.2 Å². The molecule has 3 amide bonds. The number of carboxylic acid groups (broad SMARTS) is 1. The highest BCUT2D eigenvalue weighted by Gasteiger charge is 2.44. The van der Waals surface area contributed by atoms with Crippen LogP contribution in [0.1, 0.15) is 49.6 Å². The summed E-state index contributed by atoms with van der Waals surface area (Å²) in [6.45, 7) is 7.71.